The van der Waals surface area contributed by atoms with Crippen molar-refractivity contribution in [2.75, 3.05) is 24.3 Å². The van der Waals surface area contributed by atoms with Crippen LogP contribution < -0.4 is 11.1 Å². The Kier molecular flexibility index (Phi) is 5.85. The fourth-order valence-electron chi connectivity index (χ4n) is 1.38. The Hall–Kier alpha value is -0.680. The first-order chi connectivity index (χ1) is 8.04. The van der Waals surface area contributed by atoms with Gasteiger partial charge in [-0.15, -0.1) is 0 Å². The predicted octanol–water partition coefficient (Wildman–Crippen LogP) is 2.76. The molecule has 0 aliphatic heterocycles. The molecule has 94 valence electrons. The van der Waals surface area contributed by atoms with E-state index in [0.717, 1.165) is 10.2 Å². The van der Waals surface area contributed by atoms with Gasteiger partial charge in [0.2, 0.25) is 0 Å². The number of nitrogens with one attached hydrogen (secondary N) is 1. The zero-order valence-electron chi connectivity index (χ0n) is 10.00. The molecule has 1 unspecified atom stereocenters. The molecule has 0 radical (unpaired) electrons. The first-order valence-corrected chi connectivity index (χ1v) is 7.55. The predicted molar refractivity (Wildman–Crippen MR) is 78.4 cm³/mol. The minimum atomic E-state index is -0.0568. The van der Waals surface area contributed by atoms with Gasteiger partial charge in [0.25, 0.3) is 5.91 Å². The Bertz CT molecular complexity index is 398. The van der Waals surface area contributed by atoms with E-state index < -0.39 is 0 Å². The normalized spacial score (nSPS) is 12.2. The lowest BCUT2D eigenvalue weighted by atomic mass is 10.1. The van der Waals surface area contributed by atoms with Crippen molar-refractivity contribution in [1.29, 1.82) is 0 Å². The molecule has 5 heteroatoms. The topological polar surface area (TPSA) is 55.1 Å². The van der Waals surface area contributed by atoms with Crippen LogP contribution in [-0.4, -0.2) is 24.5 Å². The van der Waals surface area contributed by atoms with Gasteiger partial charge in [-0.2, -0.15) is 11.8 Å². The zero-order chi connectivity index (χ0) is 12.8. The van der Waals surface area contributed by atoms with Crippen molar-refractivity contribution < 1.29 is 4.79 Å². The minimum absolute atomic E-state index is 0.0568. The summed E-state index contributed by atoms with van der Waals surface area (Å²) in [5.74, 6) is 1.47. The lowest BCUT2D eigenvalue weighted by molar-refractivity contribution is 0.0949. The van der Waals surface area contributed by atoms with Crippen LogP contribution in [0.15, 0.2) is 22.7 Å². The molecule has 0 aliphatic rings. The largest absolute Gasteiger partial charge is 0.398 e. The summed E-state index contributed by atoms with van der Waals surface area (Å²) in [4.78, 5) is 11.8. The molecular formula is C12H17BrN2OS. The molecule has 1 atom stereocenters. The molecule has 0 fully saturated rings. The summed E-state index contributed by atoms with van der Waals surface area (Å²) in [5, 5.41) is 2.92. The van der Waals surface area contributed by atoms with Crippen molar-refractivity contribution in [3.8, 4) is 0 Å². The Morgan fingerprint density at radius 3 is 2.88 bits per heavy atom. The molecule has 0 bridgehead atoms. The van der Waals surface area contributed by atoms with Crippen LogP contribution in [0.2, 0.25) is 0 Å². The average molecular weight is 317 g/mol. The van der Waals surface area contributed by atoms with Crippen LogP contribution in [0.25, 0.3) is 0 Å². The third kappa shape index (κ3) is 4.60. The second kappa shape index (κ2) is 6.91. The third-order valence-corrected chi connectivity index (χ3v) is 3.91. The van der Waals surface area contributed by atoms with E-state index in [4.69, 9.17) is 5.73 Å². The highest BCUT2D eigenvalue weighted by Gasteiger charge is 2.08. The molecule has 17 heavy (non-hydrogen) atoms. The van der Waals surface area contributed by atoms with Crippen LogP contribution in [0.1, 0.15) is 17.3 Å². The van der Waals surface area contributed by atoms with Crippen molar-refractivity contribution in [2.24, 2.45) is 5.92 Å². The fourth-order valence-corrected chi connectivity index (χ4v) is 2.45. The highest BCUT2D eigenvalue weighted by molar-refractivity contribution is 9.10. The summed E-state index contributed by atoms with van der Waals surface area (Å²) in [5.41, 5.74) is 6.93. The second-order valence-corrected chi connectivity index (χ2v) is 5.77. The van der Waals surface area contributed by atoms with Gasteiger partial charge < -0.3 is 11.1 Å². The van der Waals surface area contributed by atoms with Gasteiger partial charge in [0.15, 0.2) is 0 Å². The van der Waals surface area contributed by atoms with Crippen LogP contribution in [0.3, 0.4) is 0 Å². The van der Waals surface area contributed by atoms with Crippen molar-refractivity contribution in [1.82, 2.24) is 5.32 Å². The monoisotopic (exact) mass is 316 g/mol. The van der Waals surface area contributed by atoms with Gasteiger partial charge in [-0.25, -0.2) is 0 Å². The maximum Gasteiger partial charge on any atom is 0.251 e. The second-order valence-electron chi connectivity index (χ2n) is 4.01. The number of halogens is 1. The molecule has 0 aliphatic carbocycles. The SMILES string of the molecule is CSCC(C)CNC(=O)c1ccc(N)c(Br)c1. The quantitative estimate of drug-likeness (QED) is 0.821. The molecule has 1 rings (SSSR count). The summed E-state index contributed by atoms with van der Waals surface area (Å²) in [6.07, 6.45) is 2.06. The number of nitrogen functional groups attached to an aromatic ring is 1. The van der Waals surface area contributed by atoms with Gasteiger partial charge in [0.05, 0.1) is 0 Å². The van der Waals surface area contributed by atoms with E-state index in [0.29, 0.717) is 23.7 Å². The van der Waals surface area contributed by atoms with E-state index in [2.05, 4.69) is 34.4 Å². The van der Waals surface area contributed by atoms with Crippen molar-refractivity contribution in [3.05, 3.63) is 28.2 Å². The van der Waals surface area contributed by atoms with Crippen LogP contribution in [0.4, 0.5) is 5.69 Å². The first-order valence-electron chi connectivity index (χ1n) is 5.36. The molecule has 0 saturated carbocycles. The Morgan fingerprint density at radius 1 is 1.59 bits per heavy atom. The maximum absolute atomic E-state index is 11.8. The fraction of sp³-hybridized carbons (Fsp3) is 0.417. The summed E-state index contributed by atoms with van der Waals surface area (Å²) in [7, 11) is 0. The lowest BCUT2D eigenvalue weighted by Gasteiger charge is -2.11. The highest BCUT2D eigenvalue weighted by atomic mass is 79.9. The molecule has 3 N–H and O–H groups in total. The summed E-state index contributed by atoms with van der Waals surface area (Å²) >= 11 is 5.10. The van der Waals surface area contributed by atoms with Gasteiger partial charge >= 0.3 is 0 Å². The Labute approximate surface area is 115 Å². The van der Waals surface area contributed by atoms with Crippen LogP contribution >= 0.6 is 27.7 Å². The minimum Gasteiger partial charge on any atom is -0.398 e. The van der Waals surface area contributed by atoms with Crippen LogP contribution in [0, 0.1) is 5.92 Å². The number of carbonyl (C=O) groups excluding carboxylic acids is 1. The highest BCUT2D eigenvalue weighted by Crippen LogP contribution is 2.20. The molecule has 0 heterocycles. The van der Waals surface area contributed by atoms with Crippen molar-refractivity contribution in [2.45, 2.75) is 6.92 Å². The molecule has 0 saturated heterocycles. The van der Waals surface area contributed by atoms with Crippen molar-refractivity contribution in [3.63, 3.8) is 0 Å². The number of nitrogens with two attached hydrogens (primary N) is 1. The first kappa shape index (κ1) is 14.4. The van der Waals surface area contributed by atoms with E-state index in [1.165, 1.54) is 0 Å². The summed E-state index contributed by atoms with van der Waals surface area (Å²) in [6, 6.07) is 5.20. The molecule has 0 spiro atoms. The van der Waals surface area contributed by atoms with Gasteiger partial charge in [0, 0.05) is 22.3 Å². The third-order valence-electron chi connectivity index (χ3n) is 2.32. The van der Waals surface area contributed by atoms with Gasteiger partial charge in [-0.3, -0.25) is 4.79 Å². The van der Waals surface area contributed by atoms with Gasteiger partial charge in [-0.05, 0) is 52.1 Å². The maximum atomic E-state index is 11.8. The summed E-state index contributed by atoms with van der Waals surface area (Å²) in [6.45, 7) is 2.82. The van der Waals surface area contributed by atoms with Crippen molar-refractivity contribution >= 4 is 39.3 Å². The van der Waals surface area contributed by atoms with E-state index in [-0.39, 0.29) is 5.91 Å². The van der Waals surface area contributed by atoms with E-state index in [9.17, 15) is 4.79 Å². The number of anilines is 1. The van der Waals surface area contributed by atoms with E-state index in [1.54, 1.807) is 30.0 Å². The molecule has 1 aromatic carbocycles. The number of benzene rings is 1. The molecule has 3 nitrogen and oxygen atoms in total. The zero-order valence-corrected chi connectivity index (χ0v) is 12.4. The van der Waals surface area contributed by atoms with Crippen LogP contribution in [-0.2, 0) is 0 Å². The molecular weight excluding hydrogens is 300 g/mol. The van der Waals surface area contributed by atoms with Gasteiger partial charge in [-0.1, -0.05) is 6.92 Å². The Morgan fingerprint density at radius 2 is 2.29 bits per heavy atom. The Balaban J connectivity index is 2.55. The number of hydrogen-bond donors (Lipinski definition) is 2. The standard InChI is InChI=1S/C12H17BrN2OS/c1-8(7-17-2)6-15-12(16)9-3-4-11(14)10(13)5-9/h3-5,8H,6-7,14H2,1-2H3,(H,15,16). The number of carbonyl (C=O) groups is 1. The van der Waals surface area contributed by atoms with Crippen LogP contribution in [0.5, 0.6) is 0 Å². The average Bonchev–Trinajstić information content (AvgIpc) is 2.30. The summed E-state index contributed by atoms with van der Waals surface area (Å²) < 4.78 is 0.752. The molecule has 0 aromatic heterocycles. The number of amides is 1. The smallest absolute Gasteiger partial charge is 0.251 e. The lowest BCUT2D eigenvalue weighted by Crippen LogP contribution is -2.29. The molecule has 1 aromatic rings. The van der Waals surface area contributed by atoms with Gasteiger partial charge in [0.1, 0.15) is 0 Å². The van der Waals surface area contributed by atoms with E-state index in [1.807, 2.05) is 0 Å². The van der Waals surface area contributed by atoms with E-state index >= 15 is 0 Å². The number of rotatable bonds is 5. The number of thioether (sulfide) groups is 1. The molecule has 1 amide bonds. The number of hydrogen-bond acceptors (Lipinski definition) is 3.